The number of methoxy groups -OCH3 is 1. The molecule has 4 nitrogen and oxygen atoms in total. The summed E-state index contributed by atoms with van der Waals surface area (Å²) < 4.78 is 5.25. The van der Waals surface area contributed by atoms with E-state index in [4.69, 9.17) is 9.84 Å². The molecule has 27 heavy (non-hydrogen) atoms. The van der Waals surface area contributed by atoms with E-state index < -0.39 is 0 Å². The Kier molecular flexibility index (Phi) is 4.71. The fourth-order valence-electron chi connectivity index (χ4n) is 3.30. The van der Waals surface area contributed by atoms with Crippen molar-refractivity contribution < 1.29 is 9.53 Å². The molecule has 1 aliphatic heterocycles. The van der Waals surface area contributed by atoms with Crippen LogP contribution in [0.25, 0.3) is 0 Å². The van der Waals surface area contributed by atoms with Crippen molar-refractivity contribution in [3.05, 3.63) is 96.1 Å². The van der Waals surface area contributed by atoms with E-state index >= 15 is 0 Å². The summed E-state index contributed by atoms with van der Waals surface area (Å²) >= 11 is 0. The van der Waals surface area contributed by atoms with Gasteiger partial charge < -0.3 is 4.74 Å². The number of hydrogen-bond donors (Lipinski definition) is 0. The molecule has 0 radical (unpaired) electrons. The highest BCUT2D eigenvalue weighted by Crippen LogP contribution is 2.29. The Morgan fingerprint density at radius 1 is 0.889 bits per heavy atom. The highest BCUT2D eigenvalue weighted by atomic mass is 16.5. The third-order valence-electron chi connectivity index (χ3n) is 4.71. The van der Waals surface area contributed by atoms with Crippen molar-refractivity contribution in [3.8, 4) is 5.75 Å². The van der Waals surface area contributed by atoms with Crippen molar-refractivity contribution in [3.63, 3.8) is 0 Å². The number of benzene rings is 3. The number of hydrazone groups is 1. The molecule has 0 aliphatic carbocycles. The molecule has 4 rings (SSSR count). The van der Waals surface area contributed by atoms with E-state index in [9.17, 15) is 4.79 Å². The Balaban J connectivity index is 1.72. The van der Waals surface area contributed by atoms with Gasteiger partial charge in [-0.05, 0) is 53.9 Å². The Hall–Kier alpha value is -3.40. The van der Waals surface area contributed by atoms with Gasteiger partial charge in [-0.15, -0.1) is 0 Å². The number of rotatable bonds is 5. The van der Waals surface area contributed by atoms with Crippen molar-refractivity contribution in [1.82, 2.24) is 0 Å². The first kappa shape index (κ1) is 17.0. The van der Waals surface area contributed by atoms with Crippen LogP contribution in [0.2, 0.25) is 0 Å². The van der Waals surface area contributed by atoms with Gasteiger partial charge in [-0.3, -0.25) is 4.79 Å². The second-order valence-corrected chi connectivity index (χ2v) is 6.44. The lowest BCUT2D eigenvalue weighted by molar-refractivity contribution is -0.119. The maximum absolute atomic E-state index is 13.2. The van der Waals surface area contributed by atoms with Gasteiger partial charge in [0, 0.05) is 0 Å². The van der Waals surface area contributed by atoms with Gasteiger partial charge in [-0.2, -0.15) is 10.1 Å². The van der Waals surface area contributed by atoms with Gasteiger partial charge in [-0.25, -0.2) is 0 Å². The first-order valence-corrected chi connectivity index (χ1v) is 8.92. The Morgan fingerprint density at radius 3 is 2.15 bits per heavy atom. The second-order valence-electron chi connectivity index (χ2n) is 6.44. The summed E-state index contributed by atoms with van der Waals surface area (Å²) in [6, 6.07) is 27.3. The van der Waals surface area contributed by atoms with Gasteiger partial charge in [-0.1, -0.05) is 48.5 Å². The van der Waals surface area contributed by atoms with Crippen molar-refractivity contribution in [2.24, 2.45) is 11.0 Å². The van der Waals surface area contributed by atoms with Crippen LogP contribution < -0.4 is 9.75 Å². The van der Waals surface area contributed by atoms with Crippen molar-refractivity contribution in [2.45, 2.75) is 6.42 Å². The molecule has 0 saturated heterocycles. The maximum atomic E-state index is 13.2. The van der Waals surface area contributed by atoms with Crippen LogP contribution in [0.3, 0.4) is 0 Å². The monoisotopic (exact) mass is 356 g/mol. The smallest absolute Gasteiger partial charge is 0.256 e. The van der Waals surface area contributed by atoms with Crippen LogP contribution in [0.1, 0.15) is 11.1 Å². The number of hydrogen-bond acceptors (Lipinski definition) is 3. The molecule has 0 fully saturated rings. The fraction of sp³-hybridized carbons (Fsp3) is 0.130. The number of carbonyl (C=O) groups is 1. The maximum Gasteiger partial charge on any atom is 0.256 e. The average molecular weight is 356 g/mol. The molecule has 1 atom stereocenters. The largest absolute Gasteiger partial charge is 0.497 e. The Morgan fingerprint density at radius 2 is 1.52 bits per heavy atom. The lowest BCUT2D eigenvalue weighted by Crippen LogP contribution is -2.29. The molecule has 0 spiro atoms. The normalized spacial score (nSPS) is 16.3. The second kappa shape index (κ2) is 7.46. The number of nitrogens with zero attached hydrogens (tertiary/aromatic N) is 2. The third kappa shape index (κ3) is 3.47. The summed E-state index contributed by atoms with van der Waals surface area (Å²) in [5.41, 5.74) is 3.62. The van der Waals surface area contributed by atoms with Crippen LogP contribution >= 0.6 is 0 Å². The van der Waals surface area contributed by atoms with E-state index in [1.807, 2.05) is 84.9 Å². The number of ether oxygens (including phenoxy) is 1. The SMILES string of the molecule is COc1ccc(C2=NN(c3ccccc3)C(=O)C2Cc2ccccc2)cc1. The van der Waals surface area contributed by atoms with Crippen molar-refractivity contribution in [2.75, 3.05) is 12.1 Å². The van der Waals surface area contributed by atoms with Gasteiger partial charge in [0.15, 0.2) is 0 Å². The molecule has 0 saturated carbocycles. The Labute approximate surface area is 158 Å². The molecule has 1 unspecified atom stereocenters. The number of amides is 1. The van der Waals surface area contributed by atoms with Gasteiger partial charge in [0.25, 0.3) is 5.91 Å². The zero-order chi connectivity index (χ0) is 18.6. The van der Waals surface area contributed by atoms with Gasteiger partial charge in [0.1, 0.15) is 5.75 Å². The first-order valence-electron chi connectivity index (χ1n) is 8.92. The molecule has 3 aromatic rings. The fourth-order valence-corrected chi connectivity index (χ4v) is 3.30. The quantitative estimate of drug-likeness (QED) is 0.684. The van der Waals surface area contributed by atoms with Crippen LogP contribution in [-0.2, 0) is 11.2 Å². The van der Waals surface area contributed by atoms with E-state index in [0.717, 1.165) is 28.3 Å². The molecular formula is C23H20N2O2. The Bertz CT molecular complexity index is 951. The number of anilines is 1. The summed E-state index contributed by atoms with van der Waals surface area (Å²) in [5.74, 6) is 0.458. The lowest BCUT2D eigenvalue weighted by Gasteiger charge is -2.14. The minimum absolute atomic E-state index is 0.00382. The van der Waals surface area contributed by atoms with Gasteiger partial charge in [0.05, 0.1) is 24.4 Å². The summed E-state index contributed by atoms with van der Waals surface area (Å²) in [6.07, 6.45) is 0.619. The lowest BCUT2D eigenvalue weighted by atomic mass is 9.90. The molecular weight excluding hydrogens is 336 g/mol. The summed E-state index contributed by atoms with van der Waals surface area (Å²) in [6.45, 7) is 0. The summed E-state index contributed by atoms with van der Waals surface area (Å²) in [5, 5.41) is 6.22. The number of carbonyl (C=O) groups excluding carboxylic acids is 1. The highest BCUT2D eigenvalue weighted by Gasteiger charge is 2.37. The first-order chi connectivity index (χ1) is 13.3. The van der Waals surface area contributed by atoms with E-state index in [0.29, 0.717) is 6.42 Å². The van der Waals surface area contributed by atoms with E-state index in [1.165, 1.54) is 5.01 Å². The molecule has 134 valence electrons. The van der Waals surface area contributed by atoms with Crippen LogP contribution in [0.15, 0.2) is 90.0 Å². The van der Waals surface area contributed by atoms with E-state index in [1.54, 1.807) is 7.11 Å². The molecule has 1 heterocycles. The minimum Gasteiger partial charge on any atom is -0.497 e. The molecule has 1 aliphatic rings. The summed E-state index contributed by atoms with van der Waals surface area (Å²) in [4.78, 5) is 13.2. The predicted octanol–water partition coefficient (Wildman–Crippen LogP) is 4.31. The van der Waals surface area contributed by atoms with Crippen LogP contribution in [0.4, 0.5) is 5.69 Å². The molecule has 0 bridgehead atoms. The van der Waals surface area contributed by atoms with Crippen molar-refractivity contribution in [1.29, 1.82) is 0 Å². The van der Waals surface area contributed by atoms with E-state index in [2.05, 4.69) is 0 Å². The molecule has 0 aromatic heterocycles. The van der Waals surface area contributed by atoms with Crippen LogP contribution in [-0.4, -0.2) is 18.7 Å². The zero-order valence-electron chi connectivity index (χ0n) is 15.1. The predicted molar refractivity (Wildman–Crippen MR) is 107 cm³/mol. The standard InChI is InChI=1S/C23H20N2O2/c1-27-20-14-12-18(13-15-20)22-21(16-17-8-4-2-5-9-17)23(26)25(24-22)19-10-6-3-7-11-19/h2-15,21H,16H2,1H3. The third-order valence-corrected chi connectivity index (χ3v) is 4.71. The average Bonchev–Trinajstić information content (AvgIpc) is 3.06. The van der Waals surface area contributed by atoms with Gasteiger partial charge in [0.2, 0.25) is 0 Å². The van der Waals surface area contributed by atoms with Crippen LogP contribution in [0, 0.1) is 5.92 Å². The van der Waals surface area contributed by atoms with E-state index in [-0.39, 0.29) is 11.8 Å². The highest BCUT2D eigenvalue weighted by molar-refractivity contribution is 6.21. The van der Waals surface area contributed by atoms with Crippen LogP contribution in [0.5, 0.6) is 5.75 Å². The topological polar surface area (TPSA) is 41.9 Å². The number of para-hydroxylation sites is 1. The van der Waals surface area contributed by atoms with Gasteiger partial charge >= 0.3 is 0 Å². The van der Waals surface area contributed by atoms with Crippen molar-refractivity contribution >= 4 is 17.3 Å². The minimum atomic E-state index is -0.319. The molecule has 0 N–H and O–H groups in total. The zero-order valence-corrected chi connectivity index (χ0v) is 15.1. The summed E-state index contributed by atoms with van der Waals surface area (Å²) in [7, 11) is 1.64. The molecule has 1 amide bonds. The molecule has 3 aromatic carbocycles. The molecule has 4 heteroatoms.